The molecule has 1 saturated heterocycles. The lowest BCUT2D eigenvalue weighted by atomic mass is 10.1. The number of nitrogens with one attached hydrogen (secondary N) is 1. The first-order chi connectivity index (χ1) is 11.0. The summed E-state index contributed by atoms with van der Waals surface area (Å²) in [6, 6.07) is 8.83. The molecule has 3 rings (SSSR count). The quantitative estimate of drug-likeness (QED) is 0.939. The SMILES string of the molecule is O=C(Nc1ccc(Cl)cn1)[C@H]1CC(=O)N(c2ccc(F)cc2)C1. The molecule has 1 aromatic heterocycles. The van der Waals surface area contributed by atoms with Crippen LogP contribution in [-0.2, 0) is 9.59 Å². The van der Waals surface area contributed by atoms with Crippen molar-refractivity contribution in [2.45, 2.75) is 6.42 Å². The van der Waals surface area contributed by atoms with E-state index in [1.807, 2.05) is 0 Å². The summed E-state index contributed by atoms with van der Waals surface area (Å²) < 4.78 is 13.0. The Morgan fingerprint density at radius 2 is 2.00 bits per heavy atom. The summed E-state index contributed by atoms with van der Waals surface area (Å²) in [5.74, 6) is -0.917. The Kier molecular flexibility index (Phi) is 4.25. The van der Waals surface area contributed by atoms with Gasteiger partial charge in [0.15, 0.2) is 0 Å². The average molecular weight is 334 g/mol. The summed E-state index contributed by atoms with van der Waals surface area (Å²) in [6.07, 6.45) is 1.54. The van der Waals surface area contributed by atoms with Gasteiger partial charge in [-0.1, -0.05) is 11.6 Å². The topological polar surface area (TPSA) is 62.3 Å². The fraction of sp³-hybridized carbons (Fsp3) is 0.188. The highest BCUT2D eigenvalue weighted by molar-refractivity contribution is 6.30. The maximum Gasteiger partial charge on any atom is 0.230 e. The van der Waals surface area contributed by atoms with Crippen LogP contribution >= 0.6 is 11.6 Å². The second kappa shape index (κ2) is 6.34. The second-order valence-corrected chi connectivity index (χ2v) is 5.67. The van der Waals surface area contributed by atoms with Gasteiger partial charge in [-0.3, -0.25) is 9.59 Å². The summed E-state index contributed by atoms with van der Waals surface area (Å²) in [4.78, 5) is 29.8. The van der Waals surface area contributed by atoms with Gasteiger partial charge in [0.2, 0.25) is 11.8 Å². The molecule has 0 unspecified atom stereocenters. The van der Waals surface area contributed by atoms with Crippen LogP contribution in [0.15, 0.2) is 42.6 Å². The van der Waals surface area contributed by atoms with Gasteiger partial charge in [0.25, 0.3) is 0 Å². The average Bonchev–Trinajstić information content (AvgIpc) is 2.92. The lowest BCUT2D eigenvalue weighted by Crippen LogP contribution is -2.28. The van der Waals surface area contributed by atoms with Crippen LogP contribution in [0.5, 0.6) is 0 Å². The van der Waals surface area contributed by atoms with E-state index in [-0.39, 0.29) is 30.6 Å². The minimum atomic E-state index is -0.481. The number of amides is 2. The van der Waals surface area contributed by atoms with Gasteiger partial charge in [-0.25, -0.2) is 9.37 Å². The smallest absolute Gasteiger partial charge is 0.230 e. The van der Waals surface area contributed by atoms with E-state index in [1.54, 1.807) is 12.1 Å². The number of benzene rings is 1. The third-order valence-electron chi connectivity index (χ3n) is 3.61. The fourth-order valence-corrected chi connectivity index (χ4v) is 2.54. The molecular formula is C16H13ClFN3O2. The van der Waals surface area contributed by atoms with E-state index in [9.17, 15) is 14.0 Å². The van der Waals surface area contributed by atoms with E-state index in [0.29, 0.717) is 16.5 Å². The van der Waals surface area contributed by atoms with Gasteiger partial charge < -0.3 is 10.2 Å². The summed E-state index contributed by atoms with van der Waals surface area (Å²) in [5.41, 5.74) is 0.580. The third kappa shape index (κ3) is 3.48. The minimum Gasteiger partial charge on any atom is -0.312 e. The van der Waals surface area contributed by atoms with Gasteiger partial charge in [-0.15, -0.1) is 0 Å². The maximum atomic E-state index is 13.0. The molecule has 118 valence electrons. The van der Waals surface area contributed by atoms with Crippen molar-refractivity contribution in [2.75, 3.05) is 16.8 Å². The number of anilines is 2. The predicted molar refractivity (Wildman–Crippen MR) is 84.7 cm³/mol. The summed E-state index contributed by atoms with van der Waals surface area (Å²) >= 11 is 5.74. The highest BCUT2D eigenvalue weighted by Crippen LogP contribution is 2.26. The van der Waals surface area contributed by atoms with Gasteiger partial charge in [0.05, 0.1) is 10.9 Å². The molecule has 1 aromatic carbocycles. The Balaban J connectivity index is 1.68. The zero-order chi connectivity index (χ0) is 16.4. The summed E-state index contributed by atoms with van der Waals surface area (Å²) in [7, 11) is 0. The zero-order valence-electron chi connectivity index (χ0n) is 12.0. The molecule has 1 N–H and O–H groups in total. The number of nitrogens with zero attached hydrogens (tertiary/aromatic N) is 2. The minimum absolute atomic E-state index is 0.108. The molecule has 0 spiro atoms. The Hall–Kier alpha value is -2.47. The van der Waals surface area contributed by atoms with Crippen molar-refractivity contribution in [3.8, 4) is 0 Å². The highest BCUT2D eigenvalue weighted by Gasteiger charge is 2.35. The van der Waals surface area contributed by atoms with Gasteiger partial charge in [0, 0.05) is 24.8 Å². The number of carbonyl (C=O) groups is 2. The van der Waals surface area contributed by atoms with Gasteiger partial charge in [-0.05, 0) is 36.4 Å². The molecule has 1 atom stereocenters. The summed E-state index contributed by atoms with van der Waals surface area (Å²) in [5, 5.41) is 3.14. The van der Waals surface area contributed by atoms with Crippen LogP contribution in [0.4, 0.5) is 15.9 Å². The first-order valence-corrected chi connectivity index (χ1v) is 7.39. The molecule has 0 saturated carbocycles. The van der Waals surface area contributed by atoms with Crippen molar-refractivity contribution >= 4 is 34.9 Å². The van der Waals surface area contributed by atoms with E-state index in [1.165, 1.54) is 35.4 Å². The van der Waals surface area contributed by atoms with Crippen molar-refractivity contribution in [3.05, 3.63) is 53.4 Å². The normalized spacial score (nSPS) is 17.4. The van der Waals surface area contributed by atoms with Crippen LogP contribution in [-0.4, -0.2) is 23.3 Å². The van der Waals surface area contributed by atoms with Crippen LogP contribution < -0.4 is 10.2 Å². The van der Waals surface area contributed by atoms with Crippen LogP contribution in [0.25, 0.3) is 0 Å². The Bertz CT molecular complexity index is 734. The van der Waals surface area contributed by atoms with E-state index >= 15 is 0 Å². The van der Waals surface area contributed by atoms with Crippen LogP contribution in [0, 0.1) is 11.7 Å². The molecule has 2 aromatic rings. The molecule has 2 amide bonds. The highest BCUT2D eigenvalue weighted by atomic mass is 35.5. The molecule has 0 bridgehead atoms. The second-order valence-electron chi connectivity index (χ2n) is 5.23. The largest absolute Gasteiger partial charge is 0.312 e. The van der Waals surface area contributed by atoms with Crippen LogP contribution in [0.1, 0.15) is 6.42 Å². The molecule has 7 heteroatoms. The lowest BCUT2D eigenvalue weighted by Gasteiger charge is -2.16. The molecular weight excluding hydrogens is 321 g/mol. The number of rotatable bonds is 3. The predicted octanol–water partition coefficient (Wildman–Crippen LogP) is 2.87. The van der Waals surface area contributed by atoms with Crippen molar-refractivity contribution in [2.24, 2.45) is 5.92 Å². The molecule has 1 fully saturated rings. The number of carbonyl (C=O) groups excluding carboxylic acids is 2. The van der Waals surface area contributed by atoms with Crippen molar-refractivity contribution in [1.82, 2.24) is 4.98 Å². The molecule has 0 aliphatic carbocycles. The van der Waals surface area contributed by atoms with Gasteiger partial charge >= 0.3 is 0 Å². The number of halogens is 2. The number of pyridine rings is 1. The molecule has 23 heavy (non-hydrogen) atoms. The monoisotopic (exact) mass is 333 g/mol. The van der Waals surface area contributed by atoms with E-state index in [4.69, 9.17) is 11.6 Å². The fourth-order valence-electron chi connectivity index (χ4n) is 2.43. The van der Waals surface area contributed by atoms with E-state index < -0.39 is 5.92 Å². The molecule has 1 aliphatic heterocycles. The molecule has 0 radical (unpaired) electrons. The Morgan fingerprint density at radius 1 is 1.26 bits per heavy atom. The standard InChI is InChI=1S/C16H13ClFN3O2/c17-11-1-6-14(19-8-11)20-16(23)10-7-15(22)21(9-10)13-4-2-12(18)3-5-13/h1-6,8,10H,7,9H2,(H,19,20,23)/t10-/m0/s1. The number of hydrogen-bond donors (Lipinski definition) is 1. The Morgan fingerprint density at radius 3 is 2.65 bits per heavy atom. The molecule has 1 aliphatic rings. The number of aromatic nitrogens is 1. The first-order valence-electron chi connectivity index (χ1n) is 7.01. The van der Waals surface area contributed by atoms with Crippen molar-refractivity contribution < 1.29 is 14.0 Å². The Labute approximate surface area is 137 Å². The van der Waals surface area contributed by atoms with Crippen molar-refractivity contribution in [1.29, 1.82) is 0 Å². The van der Waals surface area contributed by atoms with E-state index in [0.717, 1.165) is 0 Å². The zero-order valence-corrected chi connectivity index (χ0v) is 12.8. The van der Waals surface area contributed by atoms with Gasteiger partial charge in [0.1, 0.15) is 11.6 Å². The first kappa shape index (κ1) is 15.4. The lowest BCUT2D eigenvalue weighted by molar-refractivity contribution is -0.122. The van der Waals surface area contributed by atoms with Gasteiger partial charge in [-0.2, -0.15) is 0 Å². The number of hydrogen-bond acceptors (Lipinski definition) is 3. The van der Waals surface area contributed by atoms with Crippen LogP contribution in [0.2, 0.25) is 5.02 Å². The third-order valence-corrected chi connectivity index (χ3v) is 3.84. The van der Waals surface area contributed by atoms with Crippen LogP contribution in [0.3, 0.4) is 0 Å². The van der Waals surface area contributed by atoms with E-state index in [2.05, 4.69) is 10.3 Å². The van der Waals surface area contributed by atoms with Crippen molar-refractivity contribution in [3.63, 3.8) is 0 Å². The summed E-state index contributed by atoms with van der Waals surface area (Å²) in [6.45, 7) is 0.254. The molecule has 2 heterocycles. The molecule has 5 nitrogen and oxygen atoms in total. The maximum absolute atomic E-state index is 13.0.